The Bertz CT molecular complexity index is 284. The van der Waals surface area contributed by atoms with E-state index < -0.39 is 26.5 Å². The fourth-order valence-electron chi connectivity index (χ4n) is 0.732. The maximum Gasteiger partial charge on any atom is 0.471 e. The number of phosphoric acid groups is 1. The van der Waals surface area contributed by atoms with Crippen LogP contribution in [0.1, 0.15) is 0 Å². The first-order valence-electron chi connectivity index (χ1n) is 3.17. The first-order valence-corrected chi connectivity index (χ1v) is 4.70. The lowest BCUT2D eigenvalue weighted by molar-refractivity contribution is -0.118. The molecule has 0 aromatic heterocycles. The Morgan fingerprint density at radius 2 is 2.15 bits per heavy atom. The smallest absolute Gasteiger partial charge is 0.303 e. The lowest BCUT2D eigenvalue weighted by Gasteiger charge is -2.12. The predicted molar refractivity (Wildman–Crippen MR) is 38.2 cm³/mol. The van der Waals surface area contributed by atoms with Crippen molar-refractivity contribution in [3.63, 3.8) is 0 Å². The molecule has 0 radical (unpaired) electrons. The van der Waals surface area contributed by atoms with Crippen molar-refractivity contribution in [1.29, 1.82) is 0 Å². The lowest BCUT2D eigenvalue weighted by Crippen LogP contribution is -2.29. The summed E-state index contributed by atoms with van der Waals surface area (Å²) < 4.78 is 14.2. The summed E-state index contributed by atoms with van der Waals surface area (Å²) in [6.45, 7) is -0.860. The molecule has 1 fully saturated rings. The molecule has 0 saturated carbocycles. The van der Waals surface area contributed by atoms with Crippen LogP contribution in [0.25, 0.3) is 0 Å². The van der Waals surface area contributed by atoms with E-state index in [4.69, 9.17) is 9.79 Å². The minimum atomic E-state index is -4.60. The van der Waals surface area contributed by atoms with Gasteiger partial charge in [-0.2, -0.15) is 0 Å². The summed E-state index contributed by atoms with van der Waals surface area (Å²) in [6.07, 6.45) is 0. The molecule has 9 heteroatoms. The van der Waals surface area contributed by atoms with Gasteiger partial charge in [0.15, 0.2) is 0 Å². The highest BCUT2D eigenvalue weighted by molar-refractivity contribution is 7.46. The Balaban J connectivity index is 2.43. The summed E-state index contributed by atoms with van der Waals surface area (Å²) in [4.78, 5) is 38.7. The molecule has 1 aliphatic rings. The van der Waals surface area contributed by atoms with E-state index in [0.29, 0.717) is 0 Å². The monoisotopic (exact) mass is 210 g/mol. The van der Waals surface area contributed by atoms with Gasteiger partial charge in [-0.05, 0) is 0 Å². The molecule has 13 heavy (non-hydrogen) atoms. The highest BCUT2D eigenvalue weighted by Gasteiger charge is 2.28. The van der Waals surface area contributed by atoms with Crippen molar-refractivity contribution in [2.75, 3.05) is 13.3 Å². The molecule has 8 nitrogen and oxygen atoms in total. The number of hydrogen-bond donors (Lipinski definition) is 3. The fraction of sp³-hybridized carbons (Fsp3) is 0.500. The molecule has 0 aromatic rings. The van der Waals surface area contributed by atoms with Gasteiger partial charge in [-0.3, -0.25) is 19.5 Å². The second kappa shape index (κ2) is 3.43. The molecule has 3 amide bonds. The number of nitrogens with zero attached hydrogens (tertiary/aromatic N) is 1. The summed E-state index contributed by atoms with van der Waals surface area (Å²) in [5, 5.41) is 1.92. The van der Waals surface area contributed by atoms with Crippen LogP contribution in [0, 0.1) is 0 Å². The van der Waals surface area contributed by atoms with E-state index in [1.165, 1.54) is 0 Å². The molecule has 0 aliphatic carbocycles. The fourth-order valence-corrected chi connectivity index (χ4v) is 1.02. The van der Waals surface area contributed by atoms with Crippen LogP contribution in [-0.4, -0.2) is 39.9 Å². The van der Waals surface area contributed by atoms with E-state index in [9.17, 15) is 14.2 Å². The van der Waals surface area contributed by atoms with Crippen LogP contribution in [-0.2, 0) is 13.9 Å². The van der Waals surface area contributed by atoms with Gasteiger partial charge in [-0.25, -0.2) is 9.36 Å². The molecule has 0 bridgehead atoms. The van der Waals surface area contributed by atoms with Crippen LogP contribution in [0.5, 0.6) is 0 Å². The Morgan fingerprint density at radius 1 is 1.54 bits per heavy atom. The van der Waals surface area contributed by atoms with Gasteiger partial charge in [0, 0.05) is 0 Å². The maximum absolute atomic E-state index is 10.8. The van der Waals surface area contributed by atoms with Gasteiger partial charge in [0.2, 0.25) is 5.91 Å². The molecule has 74 valence electrons. The number of hydrogen-bond acceptors (Lipinski definition) is 4. The number of imide groups is 1. The summed E-state index contributed by atoms with van der Waals surface area (Å²) in [6, 6.07) is -0.724. The van der Waals surface area contributed by atoms with Gasteiger partial charge < -0.3 is 9.79 Å². The highest BCUT2D eigenvalue weighted by atomic mass is 31.2. The van der Waals surface area contributed by atoms with Gasteiger partial charge in [0.25, 0.3) is 0 Å². The molecule has 0 atom stereocenters. The molecule has 3 N–H and O–H groups in total. The van der Waals surface area contributed by atoms with Gasteiger partial charge >= 0.3 is 13.9 Å². The SMILES string of the molecule is O=C1CN(COP(=O)(O)O)C(=O)N1. The third-order valence-corrected chi connectivity index (χ3v) is 1.70. The van der Waals surface area contributed by atoms with Crippen LogP contribution in [0.3, 0.4) is 0 Å². The zero-order chi connectivity index (χ0) is 10.1. The van der Waals surface area contributed by atoms with E-state index in [-0.39, 0.29) is 6.54 Å². The number of urea groups is 1. The quantitative estimate of drug-likeness (QED) is 0.390. The number of carbonyl (C=O) groups excluding carboxylic acids is 2. The number of rotatable bonds is 3. The van der Waals surface area contributed by atoms with Gasteiger partial charge in [0.05, 0.1) is 0 Å². The van der Waals surface area contributed by atoms with Crippen molar-refractivity contribution < 1.29 is 28.5 Å². The highest BCUT2D eigenvalue weighted by Crippen LogP contribution is 2.35. The van der Waals surface area contributed by atoms with Crippen molar-refractivity contribution in [2.24, 2.45) is 0 Å². The molecular formula is C4H7N2O6P. The second-order valence-electron chi connectivity index (χ2n) is 2.30. The zero-order valence-corrected chi connectivity index (χ0v) is 7.23. The Morgan fingerprint density at radius 3 is 2.54 bits per heavy atom. The molecular weight excluding hydrogens is 203 g/mol. The maximum atomic E-state index is 10.8. The lowest BCUT2D eigenvalue weighted by atomic mass is 10.6. The third-order valence-electron chi connectivity index (χ3n) is 1.25. The first-order chi connectivity index (χ1) is 5.88. The van der Waals surface area contributed by atoms with E-state index >= 15 is 0 Å². The van der Waals surface area contributed by atoms with Crippen LogP contribution in [0.2, 0.25) is 0 Å². The average molecular weight is 210 g/mol. The summed E-state index contributed by atoms with van der Waals surface area (Å²) >= 11 is 0. The largest absolute Gasteiger partial charge is 0.471 e. The predicted octanol–water partition coefficient (Wildman–Crippen LogP) is -1.40. The zero-order valence-electron chi connectivity index (χ0n) is 6.34. The van der Waals surface area contributed by atoms with Crippen LogP contribution in [0.15, 0.2) is 0 Å². The van der Waals surface area contributed by atoms with Crippen LogP contribution < -0.4 is 5.32 Å². The normalized spacial score (nSPS) is 17.8. The Labute approximate surface area is 72.7 Å². The summed E-state index contributed by atoms with van der Waals surface area (Å²) in [7, 11) is -4.60. The van der Waals surface area contributed by atoms with Gasteiger partial charge in [-0.15, -0.1) is 0 Å². The van der Waals surface area contributed by atoms with Crippen molar-refractivity contribution >= 4 is 19.8 Å². The van der Waals surface area contributed by atoms with Crippen molar-refractivity contribution in [1.82, 2.24) is 10.2 Å². The van der Waals surface area contributed by atoms with E-state index in [2.05, 4.69) is 4.52 Å². The molecule has 1 rings (SSSR count). The van der Waals surface area contributed by atoms with Crippen molar-refractivity contribution in [3.8, 4) is 0 Å². The molecule has 1 aliphatic heterocycles. The number of amides is 3. The second-order valence-corrected chi connectivity index (χ2v) is 3.54. The minimum absolute atomic E-state index is 0.251. The number of phosphoric ester groups is 1. The third kappa shape index (κ3) is 3.11. The van der Waals surface area contributed by atoms with Gasteiger partial charge in [0.1, 0.15) is 13.3 Å². The molecule has 0 aromatic carbocycles. The molecule has 1 saturated heterocycles. The van der Waals surface area contributed by atoms with E-state index in [0.717, 1.165) is 4.90 Å². The topological polar surface area (TPSA) is 116 Å². The van der Waals surface area contributed by atoms with E-state index in [1.54, 1.807) is 0 Å². The Kier molecular flexibility index (Phi) is 2.67. The van der Waals surface area contributed by atoms with Crippen LogP contribution in [0.4, 0.5) is 4.79 Å². The molecule has 0 unspecified atom stereocenters. The molecule has 1 heterocycles. The van der Waals surface area contributed by atoms with Crippen molar-refractivity contribution in [3.05, 3.63) is 0 Å². The standard InChI is InChI=1S/C4H7N2O6P/c7-3-1-6(4(8)5-3)2-12-13(9,10)11/h1-2H2,(H,5,7,8)(H2,9,10,11). The Hall–Kier alpha value is -0.950. The van der Waals surface area contributed by atoms with E-state index in [1.807, 2.05) is 5.32 Å². The summed E-state index contributed by atoms with van der Waals surface area (Å²) in [5.41, 5.74) is 0. The molecule has 0 spiro atoms. The summed E-state index contributed by atoms with van der Waals surface area (Å²) in [5.74, 6) is -0.528. The average Bonchev–Trinajstić information content (AvgIpc) is 2.24. The van der Waals surface area contributed by atoms with Crippen molar-refractivity contribution in [2.45, 2.75) is 0 Å². The number of carbonyl (C=O) groups is 2. The van der Waals surface area contributed by atoms with Gasteiger partial charge in [-0.1, -0.05) is 0 Å². The number of nitrogens with one attached hydrogen (secondary N) is 1. The van der Waals surface area contributed by atoms with Crippen LogP contribution >= 0.6 is 7.82 Å². The first kappa shape index (κ1) is 10.1. The minimum Gasteiger partial charge on any atom is -0.303 e.